The van der Waals surface area contributed by atoms with Crippen LogP contribution >= 0.6 is 11.3 Å². The third kappa shape index (κ3) is 5.74. The summed E-state index contributed by atoms with van der Waals surface area (Å²) in [5.74, 6) is 0.0177. The predicted molar refractivity (Wildman–Crippen MR) is 170 cm³/mol. The van der Waals surface area contributed by atoms with Crippen molar-refractivity contribution in [1.82, 2.24) is 4.98 Å². The molecular formula is C35H30N2O6S. The topological polar surface area (TPSA) is 98.2 Å². The van der Waals surface area contributed by atoms with Gasteiger partial charge >= 0.3 is 5.91 Å². The molecule has 0 spiro atoms. The number of anilines is 1. The molecule has 1 unspecified atom stereocenters. The average Bonchev–Trinajstić information content (AvgIpc) is 3.58. The Balaban J connectivity index is 1.45. The van der Waals surface area contributed by atoms with Crippen LogP contribution in [0.15, 0.2) is 103 Å². The summed E-state index contributed by atoms with van der Waals surface area (Å²) in [4.78, 5) is 33.5. The van der Waals surface area contributed by atoms with Gasteiger partial charge < -0.3 is 19.3 Å². The number of fused-ring (bicyclic) bond motifs is 1. The highest BCUT2D eigenvalue weighted by atomic mass is 32.1. The number of ketones is 1. The quantitative estimate of drug-likeness (QED) is 0.101. The Labute approximate surface area is 258 Å². The van der Waals surface area contributed by atoms with Crippen LogP contribution in [0.5, 0.6) is 17.2 Å². The average molecular weight is 607 g/mol. The van der Waals surface area contributed by atoms with Crippen molar-refractivity contribution in [3.05, 3.63) is 119 Å². The molecule has 0 aliphatic carbocycles. The van der Waals surface area contributed by atoms with E-state index in [9.17, 15) is 14.7 Å². The fraction of sp³-hybridized carbons (Fsp3) is 0.171. The Morgan fingerprint density at radius 2 is 1.52 bits per heavy atom. The molecule has 1 aromatic heterocycles. The Hall–Kier alpha value is -5.15. The van der Waals surface area contributed by atoms with E-state index in [1.807, 2.05) is 74.5 Å². The van der Waals surface area contributed by atoms with E-state index in [0.717, 1.165) is 10.3 Å². The molecule has 1 N–H and O–H groups in total. The zero-order valence-electron chi connectivity index (χ0n) is 24.2. The molecule has 1 aliphatic heterocycles. The summed E-state index contributed by atoms with van der Waals surface area (Å²) in [6.45, 7) is 5.14. The first kappa shape index (κ1) is 28.9. The maximum Gasteiger partial charge on any atom is 0.301 e. The van der Waals surface area contributed by atoms with Crippen LogP contribution in [0.2, 0.25) is 0 Å². The molecule has 2 heterocycles. The second-order valence-corrected chi connectivity index (χ2v) is 11.0. The summed E-state index contributed by atoms with van der Waals surface area (Å²) in [7, 11) is 0. The minimum atomic E-state index is -0.950. The second kappa shape index (κ2) is 12.6. The number of thiazole rings is 1. The van der Waals surface area contributed by atoms with Gasteiger partial charge in [-0.1, -0.05) is 53.8 Å². The number of nitrogens with zero attached hydrogens (tertiary/aromatic N) is 2. The lowest BCUT2D eigenvalue weighted by Crippen LogP contribution is -2.29. The number of hydrogen-bond acceptors (Lipinski definition) is 8. The third-order valence-electron chi connectivity index (χ3n) is 7.17. The van der Waals surface area contributed by atoms with Crippen molar-refractivity contribution in [2.45, 2.75) is 26.5 Å². The minimum absolute atomic E-state index is 0.0337. The highest BCUT2D eigenvalue weighted by Gasteiger charge is 2.48. The summed E-state index contributed by atoms with van der Waals surface area (Å²) >= 11 is 1.28. The van der Waals surface area contributed by atoms with Crippen LogP contribution in [0.25, 0.3) is 16.0 Å². The molecule has 1 fully saturated rings. The molecule has 1 aliphatic rings. The molecule has 0 bridgehead atoms. The van der Waals surface area contributed by atoms with Crippen molar-refractivity contribution in [3.63, 3.8) is 0 Å². The van der Waals surface area contributed by atoms with Gasteiger partial charge in [0.15, 0.2) is 5.13 Å². The fourth-order valence-electron chi connectivity index (χ4n) is 5.14. The smallest absolute Gasteiger partial charge is 0.301 e. The number of benzene rings is 4. The van der Waals surface area contributed by atoms with E-state index in [1.165, 1.54) is 16.2 Å². The molecule has 44 heavy (non-hydrogen) atoms. The van der Waals surface area contributed by atoms with Crippen LogP contribution in [0, 0.1) is 0 Å². The van der Waals surface area contributed by atoms with Gasteiger partial charge in [-0.3, -0.25) is 14.5 Å². The monoisotopic (exact) mass is 606 g/mol. The number of amides is 1. The number of aliphatic hydroxyl groups excluding tert-OH is 1. The molecule has 4 aromatic carbocycles. The van der Waals surface area contributed by atoms with Gasteiger partial charge in [-0.05, 0) is 79.6 Å². The van der Waals surface area contributed by atoms with Crippen molar-refractivity contribution in [3.8, 4) is 17.2 Å². The first-order valence-corrected chi connectivity index (χ1v) is 15.1. The number of hydrogen-bond donors (Lipinski definition) is 1. The van der Waals surface area contributed by atoms with Gasteiger partial charge in [0.1, 0.15) is 29.6 Å². The number of rotatable bonds is 10. The summed E-state index contributed by atoms with van der Waals surface area (Å²) in [5, 5.41) is 11.9. The lowest BCUT2D eigenvalue weighted by atomic mass is 9.95. The molecule has 9 heteroatoms. The van der Waals surface area contributed by atoms with Gasteiger partial charge in [0.05, 0.1) is 35.0 Å². The molecule has 8 nitrogen and oxygen atoms in total. The van der Waals surface area contributed by atoms with E-state index in [0.29, 0.717) is 58.8 Å². The van der Waals surface area contributed by atoms with E-state index in [4.69, 9.17) is 19.2 Å². The summed E-state index contributed by atoms with van der Waals surface area (Å²) in [5.41, 5.74) is 2.62. The predicted octanol–water partition coefficient (Wildman–Crippen LogP) is 7.30. The number of ether oxygens (including phenoxy) is 3. The number of aliphatic hydroxyl groups is 1. The highest BCUT2D eigenvalue weighted by Crippen LogP contribution is 2.45. The first-order chi connectivity index (χ1) is 21.5. The maximum absolute atomic E-state index is 13.7. The van der Waals surface area contributed by atoms with E-state index in [1.54, 1.807) is 36.4 Å². The molecule has 222 valence electrons. The molecule has 1 atom stereocenters. The first-order valence-electron chi connectivity index (χ1n) is 14.3. The van der Waals surface area contributed by atoms with Crippen LogP contribution < -0.4 is 19.1 Å². The van der Waals surface area contributed by atoms with Gasteiger partial charge in [-0.2, -0.15) is 0 Å². The van der Waals surface area contributed by atoms with Crippen molar-refractivity contribution in [1.29, 1.82) is 0 Å². The van der Waals surface area contributed by atoms with Gasteiger partial charge in [-0.25, -0.2) is 4.98 Å². The molecule has 0 radical (unpaired) electrons. The normalized spacial score (nSPS) is 16.0. The summed E-state index contributed by atoms with van der Waals surface area (Å²) < 4.78 is 18.1. The Bertz CT molecular complexity index is 1850. The van der Waals surface area contributed by atoms with Crippen molar-refractivity contribution < 1.29 is 28.9 Å². The van der Waals surface area contributed by atoms with Gasteiger partial charge in [0.2, 0.25) is 0 Å². The van der Waals surface area contributed by atoms with Crippen molar-refractivity contribution in [2.24, 2.45) is 0 Å². The van der Waals surface area contributed by atoms with Gasteiger partial charge in [0.25, 0.3) is 5.78 Å². The molecule has 1 amide bonds. The lowest BCUT2D eigenvalue weighted by Gasteiger charge is -2.23. The molecule has 0 saturated carbocycles. The van der Waals surface area contributed by atoms with Crippen molar-refractivity contribution in [2.75, 3.05) is 18.1 Å². The lowest BCUT2D eigenvalue weighted by molar-refractivity contribution is -0.132. The zero-order valence-corrected chi connectivity index (χ0v) is 25.0. The highest BCUT2D eigenvalue weighted by molar-refractivity contribution is 7.22. The van der Waals surface area contributed by atoms with Crippen LogP contribution in [0.1, 0.15) is 36.6 Å². The van der Waals surface area contributed by atoms with Crippen LogP contribution in [-0.2, 0) is 16.2 Å². The molecule has 6 rings (SSSR count). The number of carbonyl (C=O) groups excluding carboxylic acids is 2. The Morgan fingerprint density at radius 1 is 0.818 bits per heavy atom. The SMILES string of the molecule is CCOc1ccc(/C(O)=C2\C(=O)C(=O)N(c3nc4ccc(OCC)cc4s3)C2c2cccc(OCc3ccccc3)c2)cc1. The van der Waals surface area contributed by atoms with Crippen LogP contribution in [0.4, 0.5) is 5.13 Å². The summed E-state index contributed by atoms with van der Waals surface area (Å²) in [6, 6.07) is 28.3. The third-order valence-corrected chi connectivity index (χ3v) is 8.19. The largest absolute Gasteiger partial charge is 0.507 e. The van der Waals surface area contributed by atoms with E-state index < -0.39 is 17.7 Å². The van der Waals surface area contributed by atoms with Gasteiger partial charge in [0, 0.05) is 5.56 Å². The van der Waals surface area contributed by atoms with E-state index >= 15 is 0 Å². The number of carbonyl (C=O) groups is 2. The van der Waals surface area contributed by atoms with E-state index in [-0.39, 0.29) is 11.3 Å². The number of aromatic nitrogens is 1. The molecule has 1 saturated heterocycles. The fourth-order valence-corrected chi connectivity index (χ4v) is 6.16. The molecular weight excluding hydrogens is 576 g/mol. The van der Waals surface area contributed by atoms with E-state index in [2.05, 4.69) is 0 Å². The molecule has 5 aromatic rings. The number of Topliss-reactive ketones (excluding diaryl/α,β-unsaturated/α-hetero) is 1. The second-order valence-electron chi connectivity index (χ2n) is 10.0. The van der Waals surface area contributed by atoms with Crippen molar-refractivity contribution >= 4 is 44.1 Å². The summed E-state index contributed by atoms with van der Waals surface area (Å²) in [6.07, 6.45) is 0. The standard InChI is InChI=1S/C35H30N2O6S/c1-3-41-25-15-13-23(14-16-25)32(38)30-31(24-11-8-12-26(19-24)43-21-22-9-6-5-7-10-22)37(34(40)33(30)39)35-36-28-18-17-27(42-4-2)20-29(28)44-35/h5-20,31,38H,3-4,21H2,1-2H3/b32-30+. The van der Waals surface area contributed by atoms with Gasteiger partial charge in [-0.15, -0.1) is 0 Å². The minimum Gasteiger partial charge on any atom is -0.507 e. The Morgan fingerprint density at radius 3 is 2.27 bits per heavy atom. The zero-order chi connectivity index (χ0) is 30.6. The van der Waals surface area contributed by atoms with Crippen LogP contribution in [0.3, 0.4) is 0 Å². The van der Waals surface area contributed by atoms with Crippen LogP contribution in [-0.4, -0.2) is 35.0 Å². The Kier molecular flexibility index (Phi) is 8.29. The maximum atomic E-state index is 13.7.